The van der Waals surface area contributed by atoms with Gasteiger partial charge in [-0.2, -0.15) is 0 Å². The molecule has 16 heavy (non-hydrogen) atoms. The smallest absolute Gasteiger partial charge is 0.404 e. The van der Waals surface area contributed by atoms with Crippen molar-refractivity contribution in [3.63, 3.8) is 0 Å². The molecule has 1 heterocycles. The quantitative estimate of drug-likeness (QED) is 0.615. The fourth-order valence-electron chi connectivity index (χ4n) is 1.16. The summed E-state index contributed by atoms with van der Waals surface area (Å²) in [6, 6.07) is 1.80. The van der Waals surface area contributed by atoms with Crippen molar-refractivity contribution in [1.29, 1.82) is 0 Å². The molecule has 0 saturated carbocycles. The van der Waals surface area contributed by atoms with Crippen molar-refractivity contribution in [2.45, 2.75) is 13.0 Å². The molecule has 0 fully saturated rings. The van der Waals surface area contributed by atoms with E-state index in [1.54, 1.807) is 18.5 Å². The van der Waals surface area contributed by atoms with Crippen LogP contribution < -0.4 is 15.8 Å². The minimum atomic E-state index is -1.02. The van der Waals surface area contributed by atoms with Crippen LogP contribution in [0.2, 0.25) is 0 Å². The molecule has 6 heteroatoms. The first kappa shape index (κ1) is 12.3. The summed E-state index contributed by atoms with van der Waals surface area (Å²) in [7, 11) is 0. The van der Waals surface area contributed by atoms with E-state index in [-0.39, 0.29) is 0 Å². The average molecular weight is 225 g/mol. The standard InChI is InChI=1S/C10H15N3O3/c11-6-8-2-4-12-7-9(8)16-5-1-3-13-10(14)15/h2,4,7,13H,1,3,5-6,11H2,(H,14,15). The van der Waals surface area contributed by atoms with Crippen molar-refractivity contribution in [2.24, 2.45) is 5.73 Å². The highest BCUT2D eigenvalue weighted by atomic mass is 16.5. The summed E-state index contributed by atoms with van der Waals surface area (Å²) in [6.07, 6.45) is 2.84. The number of nitrogens with zero attached hydrogens (tertiary/aromatic N) is 1. The van der Waals surface area contributed by atoms with Crippen molar-refractivity contribution in [3.8, 4) is 5.75 Å². The van der Waals surface area contributed by atoms with Gasteiger partial charge in [-0.15, -0.1) is 0 Å². The van der Waals surface area contributed by atoms with E-state index < -0.39 is 6.09 Å². The highest BCUT2D eigenvalue weighted by Crippen LogP contribution is 2.15. The number of hydrogen-bond acceptors (Lipinski definition) is 4. The molecule has 1 rings (SSSR count). The molecule has 4 N–H and O–H groups in total. The van der Waals surface area contributed by atoms with E-state index in [2.05, 4.69) is 10.3 Å². The van der Waals surface area contributed by atoms with Gasteiger partial charge in [0.05, 0.1) is 12.8 Å². The van der Waals surface area contributed by atoms with E-state index in [0.29, 0.717) is 31.9 Å². The van der Waals surface area contributed by atoms with Crippen LogP contribution in [0.3, 0.4) is 0 Å². The zero-order chi connectivity index (χ0) is 11.8. The van der Waals surface area contributed by atoms with E-state index >= 15 is 0 Å². The largest absolute Gasteiger partial charge is 0.492 e. The van der Waals surface area contributed by atoms with E-state index in [9.17, 15) is 4.79 Å². The molecule has 0 radical (unpaired) electrons. The first-order valence-electron chi connectivity index (χ1n) is 4.96. The Morgan fingerprint density at radius 1 is 1.62 bits per heavy atom. The van der Waals surface area contributed by atoms with Crippen LogP contribution in [-0.4, -0.2) is 29.3 Å². The molecule has 0 unspecified atom stereocenters. The van der Waals surface area contributed by atoms with Crippen molar-refractivity contribution < 1.29 is 14.6 Å². The molecule has 0 aliphatic carbocycles. The highest BCUT2D eigenvalue weighted by Gasteiger charge is 2.01. The zero-order valence-electron chi connectivity index (χ0n) is 8.85. The summed E-state index contributed by atoms with van der Waals surface area (Å²) in [4.78, 5) is 14.1. The van der Waals surface area contributed by atoms with Gasteiger partial charge in [0.1, 0.15) is 5.75 Å². The summed E-state index contributed by atoms with van der Waals surface area (Å²) in [5.74, 6) is 0.653. The van der Waals surface area contributed by atoms with Gasteiger partial charge in [0.25, 0.3) is 0 Å². The predicted molar refractivity (Wildman–Crippen MR) is 58.3 cm³/mol. The number of pyridine rings is 1. The lowest BCUT2D eigenvalue weighted by Gasteiger charge is -2.09. The molecule has 0 atom stereocenters. The van der Waals surface area contributed by atoms with Crippen LogP contribution in [-0.2, 0) is 6.54 Å². The van der Waals surface area contributed by atoms with Crippen LogP contribution in [0.1, 0.15) is 12.0 Å². The average Bonchev–Trinajstić information content (AvgIpc) is 2.29. The van der Waals surface area contributed by atoms with Crippen LogP contribution in [0.25, 0.3) is 0 Å². The summed E-state index contributed by atoms with van der Waals surface area (Å²) in [6.45, 7) is 1.19. The number of ether oxygens (including phenoxy) is 1. The van der Waals surface area contributed by atoms with E-state index in [1.165, 1.54) is 0 Å². The number of aromatic nitrogens is 1. The maximum Gasteiger partial charge on any atom is 0.404 e. The lowest BCUT2D eigenvalue weighted by atomic mass is 10.2. The Morgan fingerprint density at radius 2 is 2.44 bits per heavy atom. The number of nitrogens with two attached hydrogens (primary N) is 1. The second-order valence-electron chi connectivity index (χ2n) is 3.12. The Kier molecular flexibility index (Phi) is 5.07. The Labute approximate surface area is 93.4 Å². The van der Waals surface area contributed by atoms with E-state index in [1.807, 2.05) is 0 Å². The van der Waals surface area contributed by atoms with Gasteiger partial charge < -0.3 is 20.9 Å². The number of rotatable bonds is 6. The predicted octanol–water partition coefficient (Wildman–Crippen LogP) is 0.577. The third-order valence-corrected chi connectivity index (χ3v) is 1.94. The van der Waals surface area contributed by atoms with Gasteiger partial charge in [-0.3, -0.25) is 4.98 Å². The topological polar surface area (TPSA) is 97.5 Å². The molecular weight excluding hydrogens is 210 g/mol. The van der Waals surface area contributed by atoms with Crippen molar-refractivity contribution in [3.05, 3.63) is 24.0 Å². The SMILES string of the molecule is NCc1ccncc1OCCCNC(=O)O. The molecule has 0 bridgehead atoms. The molecule has 6 nitrogen and oxygen atoms in total. The minimum Gasteiger partial charge on any atom is -0.492 e. The molecule has 0 spiro atoms. The molecule has 1 amide bonds. The first-order valence-corrected chi connectivity index (χ1v) is 4.96. The van der Waals surface area contributed by atoms with Crippen LogP contribution in [0.5, 0.6) is 5.75 Å². The third-order valence-electron chi connectivity index (χ3n) is 1.94. The van der Waals surface area contributed by atoms with Crippen LogP contribution in [0.4, 0.5) is 4.79 Å². The Bertz CT molecular complexity index is 344. The molecule has 1 aromatic rings. The molecule has 1 aromatic heterocycles. The van der Waals surface area contributed by atoms with Crippen molar-refractivity contribution >= 4 is 6.09 Å². The van der Waals surface area contributed by atoms with Gasteiger partial charge in [-0.1, -0.05) is 0 Å². The van der Waals surface area contributed by atoms with Gasteiger partial charge in [0, 0.05) is 24.8 Å². The van der Waals surface area contributed by atoms with E-state index in [0.717, 1.165) is 5.56 Å². The Morgan fingerprint density at radius 3 is 3.12 bits per heavy atom. The molecule has 0 aliphatic heterocycles. The van der Waals surface area contributed by atoms with Gasteiger partial charge in [0.2, 0.25) is 0 Å². The second-order valence-corrected chi connectivity index (χ2v) is 3.12. The van der Waals surface area contributed by atoms with Crippen LogP contribution in [0.15, 0.2) is 18.5 Å². The lowest BCUT2D eigenvalue weighted by molar-refractivity contribution is 0.193. The van der Waals surface area contributed by atoms with Gasteiger partial charge in [0.15, 0.2) is 0 Å². The Hall–Kier alpha value is -1.82. The normalized spacial score (nSPS) is 9.81. The fraction of sp³-hybridized carbons (Fsp3) is 0.400. The Balaban J connectivity index is 2.28. The second kappa shape index (κ2) is 6.62. The number of nitrogens with one attached hydrogen (secondary N) is 1. The minimum absolute atomic E-state index is 0.369. The summed E-state index contributed by atoms with van der Waals surface area (Å²) in [5.41, 5.74) is 6.41. The fourth-order valence-corrected chi connectivity index (χ4v) is 1.16. The van der Waals surface area contributed by atoms with Gasteiger partial charge >= 0.3 is 6.09 Å². The summed E-state index contributed by atoms with van der Waals surface area (Å²) >= 11 is 0. The van der Waals surface area contributed by atoms with Crippen LogP contribution in [0, 0.1) is 0 Å². The van der Waals surface area contributed by atoms with Crippen molar-refractivity contribution in [2.75, 3.05) is 13.2 Å². The van der Waals surface area contributed by atoms with Gasteiger partial charge in [-0.25, -0.2) is 4.79 Å². The van der Waals surface area contributed by atoms with E-state index in [4.69, 9.17) is 15.6 Å². The summed E-state index contributed by atoms with van der Waals surface area (Å²) < 4.78 is 5.43. The molecule has 0 aliphatic rings. The molecule has 0 saturated heterocycles. The lowest BCUT2D eigenvalue weighted by Crippen LogP contribution is -2.23. The first-order chi connectivity index (χ1) is 7.74. The monoisotopic (exact) mass is 225 g/mol. The third kappa shape index (κ3) is 4.14. The van der Waals surface area contributed by atoms with Gasteiger partial charge in [-0.05, 0) is 12.5 Å². The molecular formula is C10H15N3O3. The van der Waals surface area contributed by atoms with Crippen LogP contribution >= 0.6 is 0 Å². The molecule has 88 valence electrons. The number of carboxylic acid groups (broad SMARTS) is 1. The maximum absolute atomic E-state index is 10.2. The number of amides is 1. The maximum atomic E-state index is 10.2. The highest BCUT2D eigenvalue weighted by molar-refractivity contribution is 5.64. The number of carbonyl (C=O) groups is 1. The number of hydrogen-bond donors (Lipinski definition) is 3. The molecule has 0 aromatic carbocycles. The summed E-state index contributed by atoms with van der Waals surface area (Å²) in [5, 5.41) is 10.6. The zero-order valence-corrected chi connectivity index (χ0v) is 8.85. The van der Waals surface area contributed by atoms with Crippen molar-refractivity contribution in [1.82, 2.24) is 10.3 Å².